The Balaban J connectivity index is 1.81. The van der Waals surface area contributed by atoms with Crippen molar-refractivity contribution in [1.82, 2.24) is 0 Å². The highest BCUT2D eigenvalue weighted by atomic mass is 16.7. The molecule has 1 N–H and O–H groups in total. The van der Waals surface area contributed by atoms with E-state index in [9.17, 15) is 9.90 Å². The van der Waals surface area contributed by atoms with E-state index in [1.165, 1.54) is 44.9 Å². The van der Waals surface area contributed by atoms with Crippen molar-refractivity contribution in [3.05, 3.63) is 82.6 Å². The Morgan fingerprint density at radius 3 is 2.35 bits per heavy atom. The molecule has 43 heavy (non-hydrogen) atoms. The first-order valence-corrected chi connectivity index (χ1v) is 16.4. The zero-order valence-corrected chi connectivity index (χ0v) is 27.3. The molecular formula is C38H54O5. The first-order valence-electron chi connectivity index (χ1n) is 16.4. The van der Waals surface area contributed by atoms with Gasteiger partial charge in [-0.3, -0.25) is 4.79 Å². The monoisotopic (exact) mass is 590 g/mol. The number of unbranched alkanes of at least 4 members (excludes halogenated alkanes) is 8. The van der Waals surface area contributed by atoms with Gasteiger partial charge in [-0.2, -0.15) is 0 Å². The molecule has 1 aliphatic heterocycles. The smallest absolute Gasteiger partial charge is 0.231 e. The van der Waals surface area contributed by atoms with Crippen LogP contribution in [0.1, 0.15) is 133 Å². The lowest BCUT2D eigenvalue weighted by molar-refractivity contribution is -0.136. The second-order valence-electron chi connectivity index (χ2n) is 12.8. The van der Waals surface area contributed by atoms with Crippen molar-refractivity contribution in [3.8, 4) is 11.5 Å². The molecule has 5 heteroatoms. The highest BCUT2D eigenvalue weighted by molar-refractivity contribution is 6.10. The third-order valence-electron chi connectivity index (χ3n) is 7.93. The Morgan fingerprint density at radius 2 is 1.70 bits per heavy atom. The molecule has 0 aromatic heterocycles. The van der Waals surface area contributed by atoms with Crippen molar-refractivity contribution >= 4 is 5.78 Å². The number of hydrogen-bond acceptors (Lipinski definition) is 5. The SMILES string of the molecule is CCCCCCCCCCC=CC(C)=C(OC1CCCCO1)C(=O)c1cc(OCc2ccccc2)c(C(C)(C)C)cc1O. The summed E-state index contributed by atoms with van der Waals surface area (Å²) in [7, 11) is 0. The summed E-state index contributed by atoms with van der Waals surface area (Å²) < 4.78 is 18.3. The highest BCUT2D eigenvalue weighted by Gasteiger charge is 2.28. The maximum Gasteiger partial charge on any atom is 0.231 e. The lowest BCUT2D eigenvalue weighted by Gasteiger charge is -2.26. The zero-order valence-electron chi connectivity index (χ0n) is 27.3. The fourth-order valence-corrected chi connectivity index (χ4v) is 5.31. The molecular weight excluding hydrogens is 536 g/mol. The van der Waals surface area contributed by atoms with E-state index in [1.54, 1.807) is 12.1 Å². The van der Waals surface area contributed by atoms with Crippen LogP contribution in [0.5, 0.6) is 11.5 Å². The van der Waals surface area contributed by atoms with Gasteiger partial charge >= 0.3 is 0 Å². The standard InChI is InChI=1S/C38H54O5/c1-6-7-8-9-10-11-12-13-14-16-21-29(2)37(43-35-24-19-20-25-41-35)36(40)31-26-34(32(27-33(31)39)38(3,4)5)42-28-30-22-17-15-18-23-30/h15-18,21-23,26-27,35,39H,6-14,19-20,24-25,28H2,1-5H3. The van der Waals surface area contributed by atoms with Gasteiger partial charge in [0.1, 0.15) is 18.1 Å². The van der Waals surface area contributed by atoms with Crippen molar-refractivity contribution in [1.29, 1.82) is 0 Å². The van der Waals surface area contributed by atoms with Crippen molar-refractivity contribution in [3.63, 3.8) is 0 Å². The third kappa shape index (κ3) is 11.5. The van der Waals surface area contributed by atoms with Crippen LogP contribution in [-0.2, 0) is 21.5 Å². The number of carbonyl (C=O) groups is 1. The number of phenols is 1. The van der Waals surface area contributed by atoms with Gasteiger partial charge in [-0.15, -0.1) is 0 Å². The number of hydrogen-bond donors (Lipinski definition) is 1. The summed E-state index contributed by atoms with van der Waals surface area (Å²) in [5.74, 6) is 0.342. The second kappa shape index (κ2) is 17.9. The number of carbonyl (C=O) groups excluding carboxylic acids is 1. The first-order chi connectivity index (χ1) is 20.7. The Bertz CT molecular complexity index is 1180. The van der Waals surface area contributed by atoms with E-state index in [1.807, 2.05) is 43.3 Å². The van der Waals surface area contributed by atoms with Crippen molar-refractivity contribution < 1.29 is 24.1 Å². The maximum atomic E-state index is 14.1. The molecule has 1 unspecified atom stereocenters. The number of allylic oxidation sites excluding steroid dienone is 4. The van der Waals surface area contributed by atoms with Crippen LogP contribution in [0.15, 0.2) is 65.9 Å². The molecule has 2 aromatic carbocycles. The largest absolute Gasteiger partial charge is 0.507 e. The summed E-state index contributed by atoms with van der Waals surface area (Å²) in [5, 5.41) is 11.1. The number of Topliss-reactive ketones (excluding diaryl/α,β-unsaturated/α-hetero) is 1. The first kappa shape index (κ1) is 34.4. The number of phenolic OH excluding ortho intramolecular Hbond substituents is 1. The van der Waals surface area contributed by atoms with E-state index in [0.29, 0.717) is 19.0 Å². The van der Waals surface area contributed by atoms with Gasteiger partial charge in [0.15, 0.2) is 12.0 Å². The molecule has 5 nitrogen and oxygen atoms in total. The molecule has 0 amide bonds. The minimum Gasteiger partial charge on any atom is -0.507 e. The van der Waals surface area contributed by atoms with Gasteiger partial charge < -0.3 is 19.3 Å². The van der Waals surface area contributed by atoms with Crippen LogP contribution in [0.3, 0.4) is 0 Å². The summed E-state index contributed by atoms with van der Waals surface area (Å²) in [5.41, 5.74) is 2.45. The van der Waals surface area contributed by atoms with Crippen LogP contribution in [0.2, 0.25) is 0 Å². The zero-order chi connectivity index (χ0) is 31.1. The molecule has 3 rings (SSSR count). The van der Waals surface area contributed by atoms with Crippen molar-refractivity contribution in [2.45, 2.75) is 130 Å². The van der Waals surface area contributed by atoms with E-state index in [2.05, 4.69) is 33.8 Å². The van der Waals surface area contributed by atoms with Crippen molar-refractivity contribution in [2.75, 3.05) is 6.61 Å². The predicted molar refractivity (Wildman–Crippen MR) is 176 cm³/mol. The Morgan fingerprint density at radius 1 is 1.00 bits per heavy atom. The molecule has 0 spiro atoms. The second-order valence-corrected chi connectivity index (χ2v) is 12.8. The van der Waals surface area contributed by atoms with Crippen LogP contribution in [0.4, 0.5) is 0 Å². The molecule has 2 aromatic rings. The van der Waals surface area contributed by atoms with E-state index >= 15 is 0 Å². The fourth-order valence-electron chi connectivity index (χ4n) is 5.31. The van der Waals surface area contributed by atoms with E-state index in [0.717, 1.165) is 48.8 Å². The Kier molecular flexibility index (Phi) is 14.4. The summed E-state index contributed by atoms with van der Waals surface area (Å²) >= 11 is 0. The topological polar surface area (TPSA) is 65.0 Å². The summed E-state index contributed by atoms with van der Waals surface area (Å²) in [6.07, 6.45) is 17.5. The lowest BCUT2D eigenvalue weighted by atomic mass is 9.85. The molecule has 0 saturated carbocycles. The molecule has 236 valence electrons. The average Bonchev–Trinajstić information content (AvgIpc) is 3.00. The molecule has 0 aliphatic carbocycles. The fraction of sp³-hybridized carbons (Fsp3) is 0.553. The van der Waals surface area contributed by atoms with Gasteiger partial charge in [0, 0.05) is 12.0 Å². The van der Waals surface area contributed by atoms with E-state index < -0.39 is 6.29 Å². The molecule has 0 bridgehead atoms. The van der Waals surface area contributed by atoms with E-state index in [-0.39, 0.29) is 28.3 Å². The third-order valence-corrected chi connectivity index (χ3v) is 7.93. The number of rotatable bonds is 17. The minimum atomic E-state index is -0.478. The number of ketones is 1. The summed E-state index contributed by atoms with van der Waals surface area (Å²) in [6.45, 7) is 11.3. The molecule has 1 aliphatic rings. The average molecular weight is 591 g/mol. The number of aromatic hydroxyl groups is 1. The van der Waals surface area contributed by atoms with Crippen LogP contribution >= 0.6 is 0 Å². The van der Waals surface area contributed by atoms with Gasteiger partial charge in [0.25, 0.3) is 0 Å². The van der Waals surface area contributed by atoms with Crippen molar-refractivity contribution in [2.24, 2.45) is 0 Å². The molecule has 1 heterocycles. The summed E-state index contributed by atoms with van der Waals surface area (Å²) in [6, 6.07) is 13.3. The highest BCUT2D eigenvalue weighted by Crippen LogP contribution is 2.38. The van der Waals surface area contributed by atoms with Crippen LogP contribution in [0, 0.1) is 0 Å². The summed E-state index contributed by atoms with van der Waals surface area (Å²) in [4.78, 5) is 14.1. The molecule has 1 saturated heterocycles. The molecule has 0 radical (unpaired) electrons. The Hall–Kier alpha value is -3.05. The quantitative estimate of drug-likeness (QED) is 0.0653. The van der Waals surface area contributed by atoms with Gasteiger partial charge in [0.2, 0.25) is 5.78 Å². The van der Waals surface area contributed by atoms with Crippen LogP contribution in [0.25, 0.3) is 0 Å². The number of benzene rings is 2. The lowest BCUT2D eigenvalue weighted by Crippen LogP contribution is -2.25. The van der Waals surface area contributed by atoms with Gasteiger partial charge in [-0.25, -0.2) is 0 Å². The number of ether oxygens (including phenoxy) is 3. The molecule has 1 fully saturated rings. The normalized spacial score (nSPS) is 16.3. The van der Waals surface area contributed by atoms with Gasteiger partial charge in [-0.1, -0.05) is 115 Å². The van der Waals surface area contributed by atoms with Crippen LogP contribution in [-0.4, -0.2) is 23.8 Å². The van der Waals surface area contributed by atoms with Gasteiger partial charge in [-0.05, 0) is 61.3 Å². The minimum absolute atomic E-state index is 0.0802. The predicted octanol–water partition coefficient (Wildman–Crippen LogP) is 10.4. The van der Waals surface area contributed by atoms with E-state index in [4.69, 9.17) is 14.2 Å². The van der Waals surface area contributed by atoms with Gasteiger partial charge in [0.05, 0.1) is 12.2 Å². The molecule has 1 atom stereocenters. The maximum absolute atomic E-state index is 14.1. The Labute approximate surface area is 260 Å². The van der Waals surface area contributed by atoms with Crippen LogP contribution < -0.4 is 4.74 Å².